The van der Waals surface area contributed by atoms with Crippen molar-refractivity contribution < 1.29 is 8.42 Å². The SMILES string of the molecule is Cc1ccc(S(=O)(=O)Nc2cc(-n3c(C)nc4ccccc4c3=O)ccc2Cl)c(C)c1. The summed E-state index contributed by atoms with van der Waals surface area (Å²) >= 11 is 6.29. The number of sulfonamides is 1. The van der Waals surface area contributed by atoms with Crippen molar-refractivity contribution in [1.29, 1.82) is 0 Å². The number of nitrogens with zero attached hydrogens (tertiary/aromatic N) is 2. The zero-order valence-corrected chi connectivity index (χ0v) is 18.8. The van der Waals surface area contributed by atoms with Gasteiger partial charge in [0.2, 0.25) is 0 Å². The third kappa shape index (κ3) is 3.94. The number of benzene rings is 3. The van der Waals surface area contributed by atoms with Crippen LogP contribution in [0.15, 0.2) is 70.4 Å². The standard InChI is InChI=1S/C23H20ClN3O3S/c1-14-8-11-22(15(2)12-14)31(29,30)26-21-13-17(9-10-19(21)24)27-16(3)25-20-7-5-4-6-18(20)23(27)28/h4-13,26H,1-3H3. The molecule has 0 fully saturated rings. The summed E-state index contributed by atoms with van der Waals surface area (Å²) in [5.74, 6) is 0.481. The number of hydrogen-bond donors (Lipinski definition) is 1. The zero-order chi connectivity index (χ0) is 22.3. The predicted molar refractivity (Wildman–Crippen MR) is 124 cm³/mol. The van der Waals surface area contributed by atoms with Crippen molar-refractivity contribution in [3.05, 3.63) is 93.0 Å². The Bertz CT molecular complexity index is 1490. The molecule has 0 atom stereocenters. The normalized spacial score (nSPS) is 11.6. The van der Waals surface area contributed by atoms with E-state index in [9.17, 15) is 13.2 Å². The van der Waals surface area contributed by atoms with E-state index in [2.05, 4.69) is 9.71 Å². The minimum Gasteiger partial charge on any atom is -0.278 e. The molecule has 0 saturated carbocycles. The van der Waals surface area contributed by atoms with E-state index in [1.54, 1.807) is 62.4 Å². The van der Waals surface area contributed by atoms with Crippen molar-refractivity contribution in [2.75, 3.05) is 4.72 Å². The molecule has 0 spiro atoms. The lowest BCUT2D eigenvalue weighted by atomic mass is 10.2. The van der Waals surface area contributed by atoms with Crippen LogP contribution in [0.25, 0.3) is 16.6 Å². The molecule has 8 heteroatoms. The van der Waals surface area contributed by atoms with E-state index in [0.29, 0.717) is 28.0 Å². The zero-order valence-electron chi connectivity index (χ0n) is 17.2. The number of para-hydroxylation sites is 1. The lowest BCUT2D eigenvalue weighted by Crippen LogP contribution is -2.22. The molecule has 0 aliphatic heterocycles. The Labute approximate surface area is 185 Å². The van der Waals surface area contributed by atoms with Crippen LogP contribution < -0.4 is 10.3 Å². The second-order valence-corrected chi connectivity index (χ2v) is 9.41. The average Bonchev–Trinajstić information content (AvgIpc) is 2.70. The highest BCUT2D eigenvalue weighted by Gasteiger charge is 2.19. The van der Waals surface area contributed by atoms with Gasteiger partial charge in [-0.15, -0.1) is 0 Å². The van der Waals surface area contributed by atoms with Crippen LogP contribution >= 0.6 is 11.6 Å². The second-order valence-electron chi connectivity index (χ2n) is 7.36. The van der Waals surface area contributed by atoms with E-state index in [1.807, 2.05) is 13.0 Å². The molecule has 1 aromatic heterocycles. The molecule has 0 radical (unpaired) electrons. The summed E-state index contributed by atoms with van der Waals surface area (Å²) in [6.45, 7) is 5.36. The molecule has 31 heavy (non-hydrogen) atoms. The molecule has 0 aliphatic rings. The maximum Gasteiger partial charge on any atom is 0.265 e. The van der Waals surface area contributed by atoms with Crippen LogP contribution in [0.1, 0.15) is 17.0 Å². The van der Waals surface area contributed by atoms with E-state index < -0.39 is 10.0 Å². The minimum absolute atomic E-state index is 0.167. The highest BCUT2D eigenvalue weighted by Crippen LogP contribution is 2.28. The smallest absolute Gasteiger partial charge is 0.265 e. The fourth-order valence-corrected chi connectivity index (χ4v) is 5.10. The third-order valence-electron chi connectivity index (χ3n) is 5.02. The Morgan fingerprint density at radius 3 is 2.45 bits per heavy atom. The van der Waals surface area contributed by atoms with Crippen molar-refractivity contribution >= 4 is 38.2 Å². The summed E-state index contributed by atoms with van der Waals surface area (Å²) < 4.78 is 30.0. The van der Waals surface area contributed by atoms with Gasteiger partial charge in [-0.25, -0.2) is 13.4 Å². The Morgan fingerprint density at radius 1 is 0.968 bits per heavy atom. The molecule has 0 amide bonds. The summed E-state index contributed by atoms with van der Waals surface area (Å²) in [7, 11) is -3.87. The second kappa shape index (κ2) is 7.83. The fourth-order valence-electron chi connectivity index (χ4n) is 3.58. The number of hydrogen-bond acceptors (Lipinski definition) is 4. The maximum atomic E-state index is 13.1. The third-order valence-corrected chi connectivity index (χ3v) is 6.87. The number of fused-ring (bicyclic) bond motifs is 1. The first kappa shape index (κ1) is 21.1. The van der Waals surface area contributed by atoms with E-state index in [4.69, 9.17) is 11.6 Å². The highest BCUT2D eigenvalue weighted by molar-refractivity contribution is 7.92. The molecular weight excluding hydrogens is 434 g/mol. The molecule has 4 aromatic rings. The van der Waals surface area contributed by atoms with Gasteiger partial charge in [-0.3, -0.25) is 14.1 Å². The quantitative estimate of drug-likeness (QED) is 0.482. The highest BCUT2D eigenvalue weighted by atomic mass is 35.5. The first-order valence-electron chi connectivity index (χ1n) is 9.56. The molecule has 4 rings (SSSR count). The number of aryl methyl sites for hydroxylation is 3. The van der Waals surface area contributed by atoms with Crippen LogP contribution in [0, 0.1) is 20.8 Å². The first-order valence-corrected chi connectivity index (χ1v) is 11.4. The molecule has 1 N–H and O–H groups in total. The van der Waals surface area contributed by atoms with Crippen LogP contribution in [0.4, 0.5) is 5.69 Å². The van der Waals surface area contributed by atoms with Crippen molar-refractivity contribution in [2.45, 2.75) is 25.7 Å². The molecular formula is C23H20ClN3O3S. The monoisotopic (exact) mass is 453 g/mol. The van der Waals surface area contributed by atoms with Gasteiger partial charge in [0, 0.05) is 0 Å². The molecule has 0 unspecified atom stereocenters. The van der Waals surface area contributed by atoms with E-state index in [0.717, 1.165) is 5.56 Å². The van der Waals surface area contributed by atoms with Crippen molar-refractivity contribution in [3.63, 3.8) is 0 Å². The van der Waals surface area contributed by atoms with E-state index in [1.165, 1.54) is 10.6 Å². The number of halogens is 1. The molecule has 158 valence electrons. The summed E-state index contributed by atoms with van der Waals surface area (Å²) in [5, 5.41) is 0.692. The van der Waals surface area contributed by atoms with Crippen LogP contribution in [0.2, 0.25) is 5.02 Å². The van der Waals surface area contributed by atoms with Gasteiger partial charge in [0.05, 0.1) is 32.2 Å². The molecule has 0 aliphatic carbocycles. The summed E-state index contributed by atoms with van der Waals surface area (Å²) in [6, 6.07) is 16.9. The summed E-state index contributed by atoms with van der Waals surface area (Å²) in [6.07, 6.45) is 0. The van der Waals surface area contributed by atoms with Gasteiger partial charge in [-0.2, -0.15) is 0 Å². The van der Waals surface area contributed by atoms with Gasteiger partial charge in [-0.05, 0) is 62.7 Å². The van der Waals surface area contributed by atoms with Gasteiger partial charge in [0.25, 0.3) is 15.6 Å². The maximum absolute atomic E-state index is 13.1. The Morgan fingerprint density at radius 2 is 1.71 bits per heavy atom. The lowest BCUT2D eigenvalue weighted by Gasteiger charge is -2.15. The van der Waals surface area contributed by atoms with Crippen LogP contribution in [0.3, 0.4) is 0 Å². The number of aromatic nitrogens is 2. The Balaban J connectivity index is 1.82. The van der Waals surface area contributed by atoms with Crippen LogP contribution in [-0.4, -0.2) is 18.0 Å². The number of nitrogens with one attached hydrogen (secondary N) is 1. The van der Waals surface area contributed by atoms with Crippen LogP contribution in [-0.2, 0) is 10.0 Å². The first-order chi connectivity index (χ1) is 14.7. The van der Waals surface area contributed by atoms with Crippen molar-refractivity contribution in [2.24, 2.45) is 0 Å². The van der Waals surface area contributed by atoms with Crippen molar-refractivity contribution in [3.8, 4) is 5.69 Å². The van der Waals surface area contributed by atoms with E-state index in [-0.39, 0.29) is 21.2 Å². The summed E-state index contributed by atoms with van der Waals surface area (Å²) in [5.41, 5.74) is 2.60. The lowest BCUT2D eigenvalue weighted by molar-refractivity contribution is 0.600. The fraction of sp³-hybridized carbons (Fsp3) is 0.130. The minimum atomic E-state index is -3.87. The molecule has 6 nitrogen and oxygen atoms in total. The van der Waals surface area contributed by atoms with Gasteiger partial charge < -0.3 is 0 Å². The number of rotatable bonds is 4. The van der Waals surface area contributed by atoms with E-state index >= 15 is 0 Å². The molecule has 0 bridgehead atoms. The van der Waals surface area contributed by atoms with Gasteiger partial charge in [0.15, 0.2) is 0 Å². The van der Waals surface area contributed by atoms with Gasteiger partial charge in [0.1, 0.15) is 5.82 Å². The Kier molecular flexibility index (Phi) is 5.33. The number of anilines is 1. The largest absolute Gasteiger partial charge is 0.278 e. The summed E-state index contributed by atoms with van der Waals surface area (Å²) in [4.78, 5) is 17.7. The molecule has 1 heterocycles. The van der Waals surface area contributed by atoms with Gasteiger partial charge in [-0.1, -0.05) is 41.4 Å². The average molecular weight is 454 g/mol. The van der Waals surface area contributed by atoms with Crippen LogP contribution in [0.5, 0.6) is 0 Å². The predicted octanol–water partition coefficient (Wildman–Crippen LogP) is 4.77. The topological polar surface area (TPSA) is 81.1 Å². The molecule has 3 aromatic carbocycles. The molecule has 0 saturated heterocycles. The van der Waals surface area contributed by atoms with Crippen molar-refractivity contribution in [1.82, 2.24) is 9.55 Å². The van der Waals surface area contributed by atoms with Gasteiger partial charge >= 0.3 is 0 Å². The Hall–Kier alpha value is -3.16.